The van der Waals surface area contributed by atoms with Crippen LogP contribution in [0.5, 0.6) is 0 Å². The molecule has 1 saturated carbocycles. The first-order valence-electron chi connectivity index (χ1n) is 6.03. The molecule has 0 aromatic carbocycles. The first-order chi connectivity index (χ1) is 7.70. The Morgan fingerprint density at radius 2 is 2.25 bits per heavy atom. The van der Waals surface area contributed by atoms with E-state index in [1.165, 1.54) is 18.4 Å². The molecule has 2 rings (SSSR count). The zero-order valence-electron chi connectivity index (χ0n) is 10.4. The maximum atomic E-state index is 4.33. The standard InChI is InChI=1S/C13H21N3/c1-10(12-5-6-12)16(3)9-11-4-7-13(14-2)15-8-11/h4,7-8,10,12H,5-6,9H2,1-3H3,(H,14,15). The zero-order valence-corrected chi connectivity index (χ0v) is 10.4. The monoisotopic (exact) mass is 219 g/mol. The van der Waals surface area contributed by atoms with E-state index in [1.807, 2.05) is 19.3 Å². The van der Waals surface area contributed by atoms with Crippen LogP contribution in [0.25, 0.3) is 0 Å². The van der Waals surface area contributed by atoms with Crippen molar-refractivity contribution >= 4 is 5.82 Å². The SMILES string of the molecule is CNc1ccc(CN(C)C(C)C2CC2)cn1. The second kappa shape index (κ2) is 4.83. The van der Waals surface area contributed by atoms with Gasteiger partial charge in [0, 0.05) is 25.8 Å². The lowest BCUT2D eigenvalue weighted by atomic mass is 10.1. The maximum absolute atomic E-state index is 4.33. The van der Waals surface area contributed by atoms with Crippen molar-refractivity contribution in [2.75, 3.05) is 19.4 Å². The molecule has 1 aromatic heterocycles. The number of aromatic nitrogens is 1. The summed E-state index contributed by atoms with van der Waals surface area (Å²) in [6.45, 7) is 3.32. The van der Waals surface area contributed by atoms with Crippen molar-refractivity contribution in [3.63, 3.8) is 0 Å². The van der Waals surface area contributed by atoms with Gasteiger partial charge in [-0.15, -0.1) is 0 Å². The van der Waals surface area contributed by atoms with Crippen LogP contribution in [-0.4, -0.2) is 30.0 Å². The summed E-state index contributed by atoms with van der Waals surface area (Å²) >= 11 is 0. The Hall–Kier alpha value is -1.09. The second-order valence-electron chi connectivity index (χ2n) is 4.79. The highest BCUT2D eigenvalue weighted by atomic mass is 15.1. The number of nitrogens with one attached hydrogen (secondary N) is 1. The molecule has 0 aliphatic heterocycles. The predicted octanol–water partition coefficient (Wildman–Crippen LogP) is 2.35. The number of nitrogens with zero attached hydrogens (tertiary/aromatic N) is 2. The molecule has 0 bridgehead atoms. The lowest BCUT2D eigenvalue weighted by Crippen LogP contribution is -2.30. The van der Waals surface area contributed by atoms with Crippen LogP contribution in [0.3, 0.4) is 0 Å². The van der Waals surface area contributed by atoms with Gasteiger partial charge in [0.1, 0.15) is 5.82 Å². The molecule has 3 heteroatoms. The predicted molar refractivity (Wildman–Crippen MR) is 67.4 cm³/mol. The summed E-state index contributed by atoms with van der Waals surface area (Å²) < 4.78 is 0. The zero-order chi connectivity index (χ0) is 11.5. The van der Waals surface area contributed by atoms with Gasteiger partial charge in [-0.1, -0.05) is 6.07 Å². The van der Waals surface area contributed by atoms with E-state index in [1.54, 1.807) is 0 Å². The van der Waals surface area contributed by atoms with Gasteiger partial charge >= 0.3 is 0 Å². The van der Waals surface area contributed by atoms with Gasteiger partial charge in [0.15, 0.2) is 0 Å². The van der Waals surface area contributed by atoms with E-state index < -0.39 is 0 Å². The Balaban J connectivity index is 1.91. The minimum absolute atomic E-state index is 0.698. The molecule has 16 heavy (non-hydrogen) atoms. The van der Waals surface area contributed by atoms with E-state index in [9.17, 15) is 0 Å². The van der Waals surface area contributed by atoms with E-state index in [0.717, 1.165) is 18.3 Å². The summed E-state index contributed by atoms with van der Waals surface area (Å²) in [5.41, 5.74) is 1.29. The molecule has 3 nitrogen and oxygen atoms in total. The molecule has 88 valence electrons. The molecule has 1 heterocycles. The topological polar surface area (TPSA) is 28.2 Å². The van der Waals surface area contributed by atoms with Crippen molar-refractivity contribution in [2.24, 2.45) is 5.92 Å². The Morgan fingerprint density at radius 1 is 1.50 bits per heavy atom. The third-order valence-corrected chi connectivity index (χ3v) is 3.51. The molecule has 0 amide bonds. The molecular formula is C13H21N3. The van der Waals surface area contributed by atoms with Crippen molar-refractivity contribution < 1.29 is 0 Å². The van der Waals surface area contributed by atoms with E-state index in [2.05, 4.69) is 35.2 Å². The molecule has 1 fully saturated rings. The average Bonchev–Trinajstić information content (AvgIpc) is 3.13. The van der Waals surface area contributed by atoms with Gasteiger partial charge < -0.3 is 5.32 Å². The van der Waals surface area contributed by atoms with E-state index >= 15 is 0 Å². The first kappa shape index (κ1) is 11.4. The smallest absolute Gasteiger partial charge is 0.125 e. The van der Waals surface area contributed by atoms with Crippen LogP contribution >= 0.6 is 0 Å². The van der Waals surface area contributed by atoms with Crippen molar-refractivity contribution in [2.45, 2.75) is 32.4 Å². The Kier molecular flexibility index (Phi) is 3.44. The van der Waals surface area contributed by atoms with Gasteiger partial charge in [0.05, 0.1) is 0 Å². The Labute approximate surface area is 97.9 Å². The van der Waals surface area contributed by atoms with Crippen molar-refractivity contribution in [3.05, 3.63) is 23.9 Å². The fourth-order valence-corrected chi connectivity index (χ4v) is 2.04. The summed E-state index contributed by atoms with van der Waals surface area (Å²) in [5.74, 6) is 1.86. The number of hydrogen-bond acceptors (Lipinski definition) is 3. The maximum Gasteiger partial charge on any atom is 0.125 e. The molecule has 1 atom stereocenters. The molecule has 1 aliphatic rings. The molecular weight excluding hydrogens is 198 g/mol. The molecule has 1 unspecified atom stereocenters. The van der Waals surface area contributed by atoms with Crippen LogP contribution in [0.1, 0.15) is 25.3 Å². The van der Waals surface area contributed by atoms with Gasteiger partial charge in [-0.05, 0) is 44.4 Å². The number of anilines is 1. The quantitative estimate of drug-likeness (QED) is 0.824. The van der Waals surface area contributed by atoms with E-state index in [-0.39, 0.29) is 0 Å². The van der Waals surface area contributed by atoms with Gasteiger partial charge in [0.25, 0.3) is 0 Å². The van der Waals surface area contributed by atoms with E-state index in [0.29, 0.717) is 6.04 Å². The number of pyridine rings is 1. The molecule has 0 saturated heterocycles. The fraction of sp³-hybridized carbons (Fsp3) is 0.615. The highest BCUT2D eigenvalue weighted by molar-refractivity contribution is 5.34. The van der Waals surface area contributed by atoms with E-state index in [4.69, 9.17) is 0 Å². The third-order valence-electron chi connectivity index (χ3n) is 3.51. The van der Waals surface area contributed by atoms with Gasteiger partial charge in [-0.3, -0.25) is 4.90 Å². The van der Waals surface area contributed by atoms with Crippen LogP contribution in [0.4, 0.5) is 5.82 Å². The summed E-state index contributed by atoms with van der Waals surface area (Å²) in [7, 11) is 4.10. The van der Waals surface area contributed by atoms with Crippen LogP contribution in [0.15, 0.2) is 18.3 Å². The third kappa shape index (κ3) is 2.73. The average molecular weight is 219 g/mol. The highest BCUT2D eigenvalue weighted by Gasteiger charge is 2.30. The lowest BCUT2D eigenvalue weighted by molar-refractivity contribution is 0.226. The fourth-order valence-electron chi connectivity index (χ4n) is 2.04. The van der Waals surface area contributed by atoms with Gasteiger partial charge in [-0.2, -0.15) is 0 Å². The Bertz CT molecular complexity index is 330. The molecule has 0 radical (unpaired) electrons. The number of hydrogen-bond donors (Lipinski definition) is 1. The van der Waals surface area contributed by atoms with Crippen LogP contribution in [0, 0.1) is 5.92 Å². The first-order valence-corrected chi connectivity index (χ1v) is 6.03. The molecule has 0 spiro atoms. The lowest BCUT2D eigenvalue weighted by Gasteiger charge is -2.24. The van der Waals surface area contributed by atoms with Crippen LogP contribution in [0.2, 0.25) is 0 Å². The van der Waals surface area contributed by atoms with Crippen molar-refractivity contribution in [3.8, 4) is 0 Å². The highest BCUT2D eigenvalue weighted by Crippen LogP contribution is 2.35. The minimum Gasteiger partial charge on any atom is -0.373 e. The molecule has 1 N–H and O–H groups in total. The normalized spacial score (nSPS) is 17.5. The summed E-state index contributed by atoms with van der Waals surface area (Å²) in [6, 6.07) is 4.88. The van der Waals surface area contributed by atoms with Gasteiger partial charge in [0.2, 0.25) is 0 Å². The summed E-state index contributed by atoms with van der Waals surface area (Å²) in [5, 5.41) is 3.03. The van der Waals surface area contributed by atoms with Crippen molar-refractivity contribution in [1.29, 1.82) is 0 Å². The van der Waals surface area contributed by atoms with Crippen LogP contribution < -0.4 is 5.32 Å². The van der Waals surface area contributed by atoms with Crippen LogP contribution in [-0.2, 0) is 6.54 Å². The summed E-state index contributed by atoms with van der Waals surface area (Å²) in [6.07, 6.45) is 4.77. The second-order valence-corrected chi connectivity index (χ2v) is 4.79. The summed E-state index contributed by atoms with van der Waals surface area (Å²) in [4.78, 5) is 6.76. The largest absolute Gasteiger partial charge is 0.373 e. The molecule has 1 aromatic rings. The Morgan fingerprint density at radius 3 is 2.75 bits per heavy atom. The van der Waals surface area contributed by atoms with Crippen molar-refractivity contribution in [1.82, 2.24) is 9.88 Å². The number of rotatable bonds is 5. The van der Waals surface area contributed by atoms with Gasteiger partial charge in [-0.25, -0.2) is 4.98 Å². The minimum atomic E-state index is 0.698. The molecule has 1 aliphatic carbocycles.